The van der Waals surface area contributed by atoms with Gasteiger partial charge in [-0.2, -0.15) is 0 Å². The molecule has 0 atom stereocenters. The highest BCUT2D eigenvalue weighted by Gasteiger charge is 2.18. The highest BCUT2D eigenvalue weighted by atomic mass is 35.5. The lowest BCUT2D eigenvalue weighted by Gasteiger charge is -2.30. The first-order valence-electron chi connectivity index (χ1n) is 9.48. The molecule has 0 radical (unpaired) electrons. The number of amides is 3. The van der Waals surface area contributed by atoms with Gasteiger partial charge in [-0.1, -0.05) is 41.9 Å². The summed E-state index contributed by atoms with van der Waals surface area (Å²) in [6, 6.07) is 14.7. The number of hydrogen-bond acceptors (Lipinski definition) is 4. The molecule has 0 fully saturated rings. The minimum Gasteiger partial charge on any atom is -0.362 e. The Morgan fingerprint density at radius 1 is 0.966 bits per heavy atom. The number of carbonyl (C=O) groups excluding carboxylic acids is 3. The van der Waals surface area contributed by atoms with E-state index >= 15 is 0 Å². The van der Waals surface area contributed by atoms with Crippen molar-refractivity contribution in [2.45, 2.75) is 19.3 Å². The maximum absolute atomic E-state index is 12.2. The van der Waals surface area contributed by atoms with Crippen molar-refractivity contribution >= 4 is 35.0 Å². The molecule has 0 unspecified atom stereocenters. The van der Waals surface area contributed by atoms with Crippen LogP contribution in [0.4, 0.5) is 5.69 Å². The Bertz CT molecular complexity index is 903. The molecular formula is C21H23ClN4O3. The second-order valence-electron chi connectivity index (χ2n) is 6.74. The summed E-state index contributed by atoms with van der Waals surface area (Å²) in [5, 5.41) is 2.98. The summed E-state index contributed by atoms with van der Waals surface area (Å²) < 4.78 is 0. The van der Waals surface area contributed by atoms with E-state index in [1.807, 2.05) is 23.1 Å². The molecule has 1 heterocycles. The third-order valence-electron chi connectivity index (χ3n) is 4.64. The van der Waals surface area contributed by atoms with Crippen LogP contribution in [-0.4, -0.2) is 37.4 Å². The Morgan fingerprint density at radius 2 is 1.69 bits per heavy atom. The Hall–Kier alpha value is -3.06. The van der Waals surface area contributed by atoms with Crippen LogP contribution < -0.4 is 21.1 Å². The normalized spacial score (nSPS) is 12.7. The first-order valence-corrected chi connectivity index (χ1v) is 9.85. The average molecular weight is 415 g/mol. The summed E-state index contributed by atoms with van der Waals surface area (Å²) in [6.45, 7) is 1.10. The number of hydrogen-bond donors (Lipinski definition) is 3. The minimum absolute atomic E-state index is 0.0308. The molecule has 2 aromatic carbocycles. The van der Waals surface area contributed by atoms with E-state index in [2.05, 4.69) is 22.2 Å². The fourth-order valence-electron chi connectivity index (χ4n) is 3.22. The van der Waals surface area contributed by atoms with Crippen LogP contribution in [-0.2, 0) is 16.0 Å². The van der Waals surface area contributed by atoms with Gasteiger partial charge in [-0.25, -0.2) is 0 Å². The number of anilines is 1. The van der Waals surface area contributed by atoms with E-state index in [0.29, 0.717) is 10.6 Å². The van der Waals surface area contributed by atoms with E-state index in [4.69, 9.17) is 11.6 Å². The van der Waals surface area contributed by atoms with E-state index in [1.54, 1.807) is 24.3 Å². The quantitative estimate of drug-likeness (QED) is 0.631. The molecule has 1 aliphatic rings. The number of rotatable bonds is 6. The molecule has 3 amide bonds. The van der Waals surface area contributed by atoms with Gasteiger partial charge in [0.05, 0.1) is 17.1 Å². The van der Waals surface area contributed by atoms with Crippen molar-refractivity contribution in [3.05, 3.63) is 64.7 Å². The molecule has 3 rings (SSSR count). The molecular weight excluding hydrogens is 392 g/mol. The number of benzene rings is 2. The molecule has 2 aromatic rings. The van der Waals surface area contributed by atoms with Gasteiger partial charge in [-0.3, -0.25) is 25.2 Å². The summed E-state index contributed by atoms with van der Waals surface area (Å²) >= 11 is 5.97. The predicted molar refractivity (Wildman–Crippen MR) is 112 cm³/mol. The first-order chi connectivity index (χ1) is 14.0. The third kappa shape index (κ3) is 5.71. The summed E-state index contributed by atoms with van der Waals surface area (Å²) in [5.74, 6) is -1.04. The zero-order valence-electron chi connectivity index (χ0n) is 15.9. The van der Waals surface area contributed by atoms with E-state index in [1.165, 1.54) is 5.56 Å². The van der Waals surface area contributed by atoms with Gasteiger partial charge in [0.25, 0.3) is 11.8 Å². The zero-order chi connectivity index (χ0) is 20.6. The number of halogens is 1. The van der Waals surface area contributed by atoms with E-state index < -0.39 is 5.91 Å². The highest BCUT2D eigenvalue weighted by molar-refractivity contribution is 6.33. The minimum atomic E-state index is -0.392. The lowest BCUT2D eigenvalue weighted by atomic mass is 10.0. The molecule has 0 aliphatic carbocycles. The molecule has 3 N–H and O–H groups in total. The largest absolute Gasteiger partial charge is 0.362 e. The highest BCUT2D eigenvalue weighted by Crippen LogP contribution is 2.26. The summed E-state index contributed by atoms with van der Waals surface area (Å²) in [7, 11) is 0. The fourth-order valence-corrected chi connectivity index (χ4v) is 3.44. The zero-order valence-corrected chi connectivity index (χ0v) is 16.7. The van der Waals surface area contributed by atoms with Crippen LogP contribution in [0, 0.1) is 0 Å². The van der Waals surface area contributed by atoms with E-state index in [0.717, 1.165) is 25.1 Å². The van der Waals surface area contributed by atoms with Gasteiger partial charge in [0.1, 0.15) is 0 Å². The lowest BCUT2D eigenvalue weighted by molar-refractivity contribution is -0.128. The number of para-hydroxylation sites is 1. The Kier molecular flexibility index (Phi) is 7.08. The van der Waals surface area contributed by atoms with Crippen LogP contribution in [0.5, 0.6) is 0 Å². The number of carbonyl (C=O) groups is 3. The molecule has 0 saturated carbocycles. The third-order valence-corrected chi connectivity index (χ3v) is 4.97. The molecule has 1 aliphatic heterocycles. The van der Waals surface area contributed by atoms with E-state index in [9.17, 15) is 14.4 Å². The van der Waals surface area contributed by atoms with Gasteiger partial charge in [0.2, 0.25) is 5.91 Å². The van der Waals surface area contributed by atoms with Gasteiger partial charge in [0, 0.05) is 25.2 Å². The molecule has 8 heteroatoms. The topological polar surface area (TPSA) is 90.5 Å². The summed E-state index contributed by atoms with van der Waals surface area (Å²) in [5.41, 5.74) is 7.44. The van der Waals surface area contributed by atoms with Crippen LogP contribution in [0.15, 0.2) is 48.5 Å². The molecule has 7 nitrogen and oxygen atoms in total. The second kappa shape index (κ2) is 9.93. The molecule has 152 valence electrons. The number of nitrogens with zero attached hydrogens (tertiary/aromatic N) is 1. The monoisotopic (exact) mass is 414 g/mol. The predicted octanol–water partition coefficient (Wildman–Crippen LogP) is 2.06. The van der Waals surface area contributed by atoms with Crippen LogP contribution >= 0.6 is 11.6 Å². The maximum Gasteiger partial charge on any atom is 0.257 e. The second-order valence-corrected chi connectivity index (χ2v) is 7.14. The van der Waals surface area contributed by atoms with Gasteiger partial charge >= 0.3 is 0 Å². The van der Waals surface area contributed by atoms with Crippen molar-refractivity contribution < 1.29 is 14.4 Å². The lowest BCUT2D eigenvalue weighted by Crippen LogP contribution is -2.47. The molecule has 0 aromatic heterocycles. The molecule has 29 heavy (non-hydrogen) atoms. The van der Waals surface area contributed by atoms with Gasteiger partial charge in [-0.05, 0) is 36.6 Å². The fraction of sp³-hybridized carbons (Fsp3) is 0.286. The molecule has 0 saturated heterocycles. The van der Waals surface area contributed by atoms with Crippen molar-refractivity contribution in [3.8, 4) is 0 Å². The first kappa shape index (κ1) is 20.7. The maximum atomic E-state index is 12.2. The van der Waals surface area contributed by atoms with Crippen LogP contribution in [0.2, 0.25) is 5.02 Å². The SMILES string of the molecule is O=C(CCNC(=O)c1ccccc1Cl)NNC(=O)CN1CCCc2ccccc21. The standard InChI is InChI=1S/C21H23ClN4O3/c22-17-9-3-2-8-16(17)21(29)23-12-11-19(27)24-25-20(28)14-26-13-5-7-15-6-1-4-10-18(15)26/h1-4,6,8-10H,5,7,11-14H2,(H,23,29)(H,24,27)(H,25,28). The van der Waals surface area contributed by atoms with Crippen molar-refractivity contribution in [1.29, 1.82) is 0 Å². The summed E-state index contributed by atoms with van der Waals surface area (Å²) in [4.78, 5) is 38.1. The number of fused-ring (bicyclic) bond motifs is 1. The average Bonchev–Trinajstić information content (AvgIpc) is 2.73. The number of hydrazine groups is 1. The Labute approximate surface area is 174 Å². The molecule has 0 spiro atoms. The van der Waals surface area contributed by atoms with E-state index in [-0.39, 0.29) is 31.3 Å². The van der Waals surface area contributed by atoms with Gasteiger partial charge in [-0.15, -0.1) is 0 Å². The Morgan fingerprint density at radius 3 is 2.52 bits per heavy atom. The van der Waals surface area contributed by atoms with Gasteiger partial charge < -0.3 is 10.2 Å². The smallest absolute Gasteiger partial charge is 0.257 e. The van der Waals surface area contributed by atoms with Crippen LogP contribution in [0.3, 0.4) is 0 Å². The van der Waals surface area contributed by atoms with Crippen LogP contribution in [0.1, 0.15) is 28.8 Å². The van der Waals surface area contributed by atoms with Crippen molar-refractivity contribution in [2.75, 3.05) is 24.5 Å². The van der Waals surface area contributed by atoms with Gasteiger partial charge in [0.15, 0.2) is 0 Å². The van der Waals surface area contributed by atoms with Crippen molar-refractivity contribution in [3.63, 3.8) is 0 Å². The van der Waals surface area contributed by atoms with Crippen LogP contribution in [0.25, 0.3) is 0 Å². The summed E-state index contributed by atoms with van der Waals surface area (Å²) in [6.07, 6.45) is 2.02. The number of nitrogens with one attached hydrogen (secondary N) is 3. The molecule has 0 bridgehead atoms. The Balaban J connectivity index is 1.38. The number of aryl methyl sites for hydroxylation is 1. The van der Waals surface area contributed by atoms with Crippen molar-refractivity contribution in [1.82, 2.24) is 16.2 Å². The van der Waals surface area contributed by atoms with Crippen molar-refractivity contribution in [2.24, 2.45) is 0 Å².